The van der Waals surface area contributed by atoms with E-state index in [1.807, 2.05) is 0 Å². The molecule has 0 atom stereocenters. The summed E-state index contributed by atoms with van der Waals surface area (Å²) in [5.41, 5.74) is 1.97. The van der Waals surface area contributed by atoms with Crippen LogP contribution in [0.1, 0.15) is 5.89 Å². The van der Waals surface area contributed by atoms with Crippen LogP contribution in [0, 0.1) is 5.82 Å². The number of nitrogens with zero attached hydrogens (tertiary/aromatic N) is 5. The van der Waals surface area contributed by atoms with Gasteiger partial charge in [0.15, 0.2) is 11.5 Å². The summed E-state index contributed by atoms with van der Waals surface area (Å²) in [6.45, 7) is 0.0751. The average Bonchev–Trinajstić information content (AvgIpc) is 3.48. The van der Waals surface area contributed by atoms with E-state index in [2.05, 4.69) is 15.2 Å². The molecule has 0 N–H and O–H groups in total. The summed E-state index contributed by atoms with van der Waals surface area (Å²) in [4.78, 5) is 17.4. The van der Waals surface area contributed by atoms with Crippen LogP contribution >= 0.6 is 0 Å². The molecule has 0 fully saturated rings. The number of methoxy groups -OCH3 is 2. The maximum atomic E-state index is 13.2. The number of hydrogen-bond donors (Lipinski definition) is 0. The van der Waals surface area contributed by atoms with Crippen LogP contribution in [-0.4, -0.2) is 38.5 Å². The molecule has 0 saturated carbocycles. The van der Waals surface area contributed by atoms with Gasteiger partial charge in [-0.2, -0.15) is 10.1 Å². The number of ether oxygens (including phenoxy) is 2. The summed E-state index contributed by atoms with van der Waals surface area (Å²) in [5, 5.41) is 8.43. The summed E-state index contributed by atoms with van der Waals surface area (Å²) in [5.74, 6) is 1.26. The molecule has 10 heteroatoms. The van der Waals surface area contributed by atoms with E-state index in [1.165, 1.54) is 28.3 Å². The molecule has 0 aliphatic carbocycles. The van der Waals surface area contributed by atoms with Gasteiger partial charge in [-0.3, -0.25) is 4.79 Å². The summed E-state index contributed by atoms with van der Waals surface area (Å²) < 4.78 is 32.3. The monoisotopic (exact) mass is 447 g/mol. The first-order chi connectivity index (χ1) is 16.1. The van der Waals surface area contributed by atoms with Gasteiger partial charge < -0.3 is 18.6 Å². The van der Waals surface area contributed by atoms with E-state index in [0.717, 1.165) is 0 Å². The van der Waals surface area contributed by atoms with Crippen LogP contribution < -0.4 is 15.0 Å². The zero-order chi connectivity index (χ0) is 22.9. The van der Waals surface area contributed by atoms with Gasteiger partial charge in [0.05, 0.1) is 25.5 Å². The van der Waals surface area contributed by atoms with Gasteiger partial charge in [-0.05, 0) is 42.5 Å². The van der Waals surface area contributed by atoms with Crippen LogP contribution in [-0.2, 0) is 6.54 Å². The lowest BCUT2D eigenvalue weighted by Gasteiger charge is -2.09. The fourth-order valence-electron chi connectivity index (χ4n) is 3.55. The Labute approximate surface area is 186 Å². The fourth-order valence-corrected chi connectivity index (χ4v) is 3.55. The van der Waals surface area contributed by atoms with Crippen LogP contribution in [0.25, 0.3) is 28.2 Å². The third-order valence-electron chi connectivity index (χ3n) is 5.16. The Balaban J connectivity index is 1.46. The molecule has 0 spiro atoms. The number of aromatic nitrogens is 5. The van der Waals surface area contributed by atoms with E-state index < -0.39 is 0 Å². The van der Waals surface area contributed by atoms with E-state index in [-0.39, 0.29) is 23.8 Å². The van der Waals surface area contributed by atoms with Crippen molar-refractivity contribution in [1.82, 2.24) is 24.3 Å². The lowest BCUT2D eigenvalue weighted by molar-refractivity contribution is 0.354. The number of benzene rings is 2. The van der Waals surface area contributed by atoms with Gasteiger partial charge >= 0.3 is 0 Å². The van der Waals surface area contributed by atoms with E-state index in [0.29, 0.717) is 39.7 Å². The largest absolute Gasteiger partial charge is 0.493 e. The minimum Gasteiger partial charge on any atom is -0.493 e. The van der Waals surface area contributed by atoms with Crippen molar-refractivity contribution >= 4 is 5.52 Å². The molecule has 0 radical (unpaired) electrons. The minimum absolute atomic E-state index is 0.0751. The molecule has 3 heterocycles. The van der Waals surface area contributed by atoms with Crippen molar-refractivity contribution in [3.63, 3.8) is 0 Å². The fraction of sp³-hybridized carbons (Fsp3) is 0.130. The SMILES string of the molecule is COc1cccc(-c2noc(Cn3ccn4nc(-c5ccc(F)cc5)cc4c3=O)n2)c1OC. The van der Waals surface area contributed by atoms with Gasteiger partial charge in [-0.1, -0.05) is 11.2 Å². The van der Waals surface area contributed by atoms with E-state index >= 15 is 0 Å². The average molecular weight is 447 g/mol. The quantitative estimate of drug-likeness (QED) is 0.393. The third-order valence-corrected chi connectivity index (χ3v) is 5.16. The second-order valence-electron chi connectivity index (χ2n) is 7.15. The summed E-state index contributed by atoms with van der Waals surface area (Å²) in [6, 6.07) is 12.9. The number of halogens is 1. The Kier molecular flexibility index (Phi) is 5.09. The summed E-state index contributed by atoms with van der Waals surface area (Å²) in [7, 11) is 3.08. The van der Waals surface area contributed by atoms with Gasteiger partial charge in [0.2, 0.25) is 11.7 Å². The Hall–Kier alpha value is -4.47. The van der Waals surface area contributed by atoms with Gasteiger partial charge in [0, 0.05) is 18.0 Å². The van der Waals surface area contributed by atoms with Crippen molar-refractivity contribution < 1.29 is 18.4 Å². The van der Waals surface area contributed by atoms with E-state index in [1.54, 1.807) is 55.9 Å². The second-order valence-corrected chi connectivity index (χ2v) is 7.15. The molecule has 9 nitrogen and oxygen atoms in total. The van der Waals surface area contributed by atoms with Crippen LogP contribution in [0.2, 0.25) is 0 Å². The maximum Gasteiger partial charge on any atom is 0.277 e. The predicted octanol–water partition coefficient (Wildman–Crippen LogP) is 3.42. The number of para-hydroxylation sites is 1. The molecule has 0 aliphatic heterocycles. The zero-order valence-corrected chi connectivity index (χ0v) is 17.7. The van der Waals surface area contributed by atoms with E-state index in [4.69, 9.17) is 14.0 Å². The summed E-state index contributed by atoms with van der Waals surface area (Å²) in [6.07, 6.45) is 3.25. The first-order valence-electron chi connectivity index (χ1n) is 9.96. The molecule has 2 aromatic carbocycles. The second kappa shape index (κ2) is 8.23. The zero-order valence-electron chi connectivity index (χ0n) is 17.7. The standard InChI is InChI=1S/C23H18FN5O4/c1-31-19-5-3-4-16(21(19)32-2)22-25-20(33-27-22)13-28-10-11-29-18(23(28)30)12-17(26-29)14-6-8-15(24)9-7-14/h3-12H,13H2,1-2H3. The normalized spacial score (nSPS) is 11.1. The van der Waals surface area contributed by atoms with Crippen molar-refractivity contribution in [2.24, 2.45) is 0 Å². The lowest BCUT2D eigenvalue weighted by Crippen LogP contribution is -2.21. The van der Waals surface area contributed by atoms with Gasteiger partial charge in [-0.25, -0.2) is 8.91 Å². The van der Waals surface area contributed by atoms with E-state index in [9.17, 15) is 9.18 Å². The molecule has 166 valence electrons. The molecule has 0 unspecified atom stereocenters. The highest BCUT2D eigenvalue weighted by Gasteiger charge is 2.18. The Morgan fingerprint density at radius 3 is 2.64 bits per heavy atom. The van der Waals surface area contributed by atoms with Crippen molar-refractivity contribution in [3.8, 4) is 34.1 Å². The van der Waals surface area contributed by atoms with Gasteiger partial charge in [0.1, 0.15) is 17.9 Å². The first kappa shape index (κ1) is 20.4. The van der Waals surface area contributed by atoms with Crippen LogP contribution in [0.4, 0.5) is 4.39 Å². The topological polar surface area (TPSA) is 96.7 Å². The summed E-state index contributed by atoms with van der Waals surface area (Å²) >= 11 is 0. The Morgan fingerprint density at radius 1 is 1.06 bits per heavy atom. The molecule has 0 saturated heterocycles. The molecular weight excluding hydrogens is 429 g/mol. The molecule has 33 heavy (non-hydrogen) atoms. The smallest absolute Gasteiger partial charge is 0.277 e. The highest BCUT2D eigenvalue weighted by molar-refractivity contribution is 5.68. The van der Waals surface area contributed by atoms with Crippen LogP contribution in [0.3, 0.4) is 0 Å². The minimum atomic E-state index is -0.338. The number of fused-ring (bicyclic) bond motifs is 1. The molecule has 0 amide bonds. The molecule has 3 aromatic heterocycles. The molecule has 0 bridgehead atoms. The van der Waals surface area contributed by atoms with Crippen molar-refractivity contribution in [1.29, 1.82) is 0 Å². The highest BCUT2D eigenvalue weighted by Crippen LogP contribution is 2.36. The Bertz CT molecular complexity index is 1500. The third kappa shape index (κ3) is 3.71. The van der Waals surface area contributed by atoms with Crippen molar-refractivity contribution in [2.75, 3.05) is 14.2 Å². The molecule has 5 aromatic rings. The maximum absolute atomic E-state index is 13.2. The number of rotatable bonds is 6. The van der Waals surface area contributed by atoms with Gasteiger partial charge in [-0.15, -0.1) is 0 Å². The Morgan fingerprint density at radius 2 is 1.88 bits per heavy atom. The van der Waals surface area contributed by atoms with Crippen molar-refractivity contribution in [3.05, 3.63) is 83.0 Å². The van der Waals surface area contributed by atoms with Crippen LogP contribution in [0.15, 0.2) is 70.2 Å². The lowest BCUT2D eigenvalue weighted by atomic mass is 10.1. The van der Waals surface area contributed by atoms with Crippen molar-refractivity contribution in [2.45, 2.75) is 6.54 Å². The highest BCUT2D eigenvalue weighted by atomic mass is 19.1. The first-order valence-corrected chi connectivity index (χ1v) is 9.96. The molecular formula is C23H18FN5O4. The number of hydrogen-bond acceptors (Lipinski definition) is 7. The molecule has 5 rings (SSSR count). The predicted molar refractivity (Wildman–Crippen MR) is 117 cm³/mol. The molecule has 0 aliphatic rings. The van der Waals surface area contributed by atoms with Crippen LogP contribution in [0.5, 0.6) is 11.5 Å². The van der Waals surface area contributed by atoms with Gasteiger partial charge in [0.25, 0.3) is 5.56 Å².